The highest BCUT2D eigenvalue weighted by atomic mass is 16.4. The highest BCUT2D eigenvalue weighted by Gasteiger charge is 2.25. The molecule has 2 unspecified atom stereocenters. The zero-order chi connectivity index (χ0) is 15.2. The third kappa shape index (κ3) is 4.59. The Morgan fingerprint density at radius 3 is 2.62 bits per heavy atom. The number of carbonyl (C=O) groups is 2. The standard InChI is InChI=1S/C17H23NO3/c1-13-6-5-9-18(12-13)16(19)10-15(11-17(20)21)14-7-3-2-4-8-14/h2-4,7-8,13,15H,5-6,9-12H2,1H3,(H,20,21). The molecule has 2 atom stereocenters. The predicted molar refractivity (Wildman–Crippen MR) is 81.0 cm³/mol. The van der Waals surface area contributed by atoms with Crippen molar-refractivity contribution in [1.29, 1.82) is 0 Å². The van der Waals surface area contributed by atoms with Gasteiger partial charge in [0.25, 0.3) is 0 Å². The van der Waals surface area contributed by atoms with Gasteiger partial charge in [-0.2, -0.15) is 0 Å². The average molecular weight is 289 g/mol. The number of piperidine rings is 1. The van der Waals surface area contributed by atoms with E-state index in [2.05, 4.69) is 6.92 Å². The Labute approximate surface area is 125 Å². The first-order valence-electron chi connectivity index (χ1n) is 7.60. The van der Waals surface area contributed by atoms with Crippen LogP contribution in [0.1, 0.15) is 44.1 Å². The molecule has 1 aromatic rings. The summed E-state index contributed by atoms with van der Waals surface area (Å²) in [5.41, 5.74) is 0.929. The Morgan fingerprint density at radius 1 is 1.29 bits per heavy atom. The monoisotopic (exact) mass is 289 g/mol. The van der Waals surface area contributed by atoms with Gasteiger partial charge < -0.3 is 10.0 Å². The van der Waals surface area contributed by atoms with Crippen molar-refractivity contribution >= 4 is 11.9 Å². The van der Waals surface area contributed by atoms with Gasteiger partial charge in [0.2, 0.25) is 5.91 Å². The van der Waals surface area contributed by atoms with Gasteiger partial charge in [0, 0.05) is 25.4 Å². The van der Waals surface area contributed by atoms with Crippen molar-refractivity contribution < 1.29 is 14.7 Å². The van der Waals surface area contributed by atoms with E-state index in [0.717, 1.165) is 25.1 Å². The maximum atomic E-state index is 12.4. The molecule has 114 valence electrons. The lowest BCUT2D eigenvalue weighted by atomic mass is 9.91. The minimum atomic E-state index is -0.858. The molecule has 1 N–H and O–H groups in total. The normalized spacial score (nSPS) is 20.0. The van der Waals surface area contributed by atoms with Gasteiger partial charge in [-0.1, -0.05) is 37.3 Å². The van der Waals surface area contributed by atoms with Gasteiger partial charge >= 0.3 is 5.97 Å². The van der Waals surface area contributed by atoms with Crippen molar-refractivity contribution in [1.82, 2.24) is 4.90 Å². The van der Waals surface area contributed by atoms with Crippen LogP contribution in [0.2, 0.25) is 0 Å². The fourth-order valence-corrected chi connectivity index (χ4v) is 3.00. The smallest absolute Gasteiger partial charge is 0.303 e. The molecule has 0 bridgehead atoms. The Bertz CT molecular complexity index is 486. The second kappa shape index (κ2) is 7.25. The number of carboxylic acid groups (broad SMARTS) is 1. The summed E-state index contributed by atoms with van der Waals surface area (Å²) in [4.78, 5) is 25.4. The van der Waals surface area contributed by atoms with Crippen molar-refractivity contribution in [2.75, 3.05) is 13.1 Å². The third-order valence-corrected chi connectivity index (χ3v) is 4.12. The fourth-order valence-electron chi connectivity index (χ4n) is 3.00. The Balaban J connectivity index is 2.04. The summed E-state index contributed by atoms with van der Waals surface area (Å²) in [6.45, 7) is 3.76. The van der Waals surface area contributed by atoms with E-state index < -0.39 is 5.97 Å². The molecule has 0 radical (unpaired) electrons. The molecule has 1 aliphatic rings. The first kappa shape index (κ1) is 15.5. The summed E-state index contributed by atoms with van der Waals surface area (Å²) in [5, 5.41) is 9.09. The number of aliphatic carboxylic acids is 1. The van der Waals surface area contributed by atoms with Crippen LogP contribution >= 0.6 is 0 Å². The summed E-state index contributed by atoms with van der Waals surface area (Å²) >= 11 is 0. The second-order valence-corrected chi connectivity index (χ2v) is 6.00. The van der Waals surface area contributed by atoms with E-state index in [9.17, 15) is 9.59 Å². The van der Waals surface area contributed by atoms with Gasteiger partial charge in [-0.3, -0.25) is 9.59 Å². The fraction of sp³-hybridized carbons (Fsp3) is 0.529. The molecule has 2 rings (SSSR count). The largest absolute Gasteiger partial charge is 0.481 e. The van der Waals surface area contributed by atoms with Crippen LogP contribution in [0, 0.1) is 5.92 Å². The molecule has 0 aliphatic carbocycles. The summed E-state index contributed by atoms with van der Waals surface area (Å²) in [6, 6.07) is 9.48. The van der Waals surface area contributed by atoms with Gasteiger partial charge in [-0.15, -0.1) is 0 Å². The number of rotatable bonds is 5. The van der Waals surface area contributed by atoms with Crippen LogP contribution in [-0.4, -0.2) is 35.0 Å². The van der Waals surface area contributed by atoms with Crippen molar-refractivity contribution in [2.45, 2.75) is 38.5 Å². The summed E-state index contributed by atoms with van der Waals surface area (Å²) in [7, 11) is 0. The molecule has 21 heavy (non-hydrogen) atoms. The van der Waals surface area contributed by atoms with Crippen molar-refractivity contribution in [2.24, 2.45) is 5.92 Å². The molecule has 1 heterocycles. The third-order valence-electron chi connectivity index (χ3n) is 4.12. The predicted octanol–water partition coefficient (Wildman–Crippen LogP) is 2.89. The number of nitrogens with zero attached hydrogens (tertiary/aromatic N) is 1. The van der Waals surface area contributed by atoms with Crippen LogP contribution in [0.4, 0.5) is 0 Å². The lowest BCUT2D eigenvalue weighted by Gasteiger charge is -2.32. The summed E-state index contributed by atoms with van der Waals surface area (Å²) < 4.78 is 0. The van der Waals surface area contributed by atoms with E-state index >= 15 is 0 Å². The average Bonchev–Trinajstić information content (AvgIpc) is 2.47. The highest BCUT2D eigenvalue weighted by Crippen LogP contribution is 2.26. The molecule has 0 aromatic heterocycles. The Morgan fingerprint density at radius 2 is 2.00 bits per heavy atom. The van der Waals surface area contributed by atoms with Crippen LogP contribution in [-0.2, 0) is 9.59 Å². The molecule has 4 nitrogen and oxygen atoms in total. The SMILES string of the molecule is CC1CCCN(C(=O)CC(CC(=O)O)c2ccccc2)C1. The van der Waals surface area contributed by atoms with Crippen molar-refractivity contribution in [3.05, 3.63) is 35.9 Å². The molecular formula is C17H23NO3. The molecule has 1 saturated heterocycles. The maximum Gasteiger partial charge on any atom is 0.303 e. The number of hydrogen-bond acceptors (Lipinski definition) is 2. The minimum Gasteiger partial charge on any atom is -0.481 e. The first-order chi connectivity index (χ1) is 10.1. The molecule has 1 fully saturated rings. The van der Waals surface area contributed by atoms with E-state index in [1.807, 2.05) is 35.2 Å². The zero-order valence-corrected chi connectivity index (χ0v) is 12.5. The van der Waals surface area contributed by atoms with Crippen LogP contribution in [0.25, 0.3) is 0 Å². The Kier molecular flexibility index (Phi) is 5.37. The lowest BCUT2D eigenvalue weighted by Crippen LogP contribution is -2.39. The topological polar surface area (TPSA) is 57.6 Å². The number of carbonyl (C=O) groups excluding carboxylic acids is 1. The molecule has 1 amide bonds. The van der Waals surface area contributed by atoms with E-state index in [-0.39, 0.29) is 24.7 Å². The number of hydrogen-bond donors (Lipinski definition) is 1. The minimum absolute atomic E-state index is 0.000846. The summed E-state index contributed by atoms with van der Waals surface area (Å²) in [5.74, 6) is -0.480. The number of likely N-dealkylation sites (tertiary alicyclic amines) is 1. The molecular weight excluding hydrogens is 266 g/mol. The van der Waals surface area contributed by atoms with Crippen molar-refractivity contribution in [3.8, 4) is 0 Å². The van der Waals surface area contributed by atoms with Crippen molar-refractivity contribution in [3.63, 3.8) is 0 Å². The summed E-state index contributed by atoms with van der Waals surface area (Å²) in [6.07, 6.45) is 2.49. The van der Waals surface area contributed by atoms with Gasteiger partial charge in [0.05, 0.1) is 6.42 Å². The van der Waals surface area contributed by atoms with E-state index in [4.69, 9.17) is 5.11 Å². The number of benzene rings is 1. The van der Waals surface area contributed by atoms with Gasteiger partial charge in [0.1, 0.15) is 0 Å². The van der Waals surface area contributed by atoms with Gasteiger partial charge in [-0.25, -0.2) is 0 Å². The van der Waals surface area contributed by atoms with E-state index in [1.165, 1.54) is 6.42 Å². The van der Waals surface area contributed by atoms with E-state index in [0.29, 0.717) is 5.92 Å². The maximum absolute atomic E-state index is 12.4. The van der Waals surface area contributed by atoms with Crippen LogP contribution < -0.4 is 0 Å². The van der Waals surface area contributed by atoms with Crippen LogP contribution in [0.3, 0.4) is 0 Å². The number of amides is 1. The van der Waals surface area contributed by atoms with Gasteiger partial charge in [0.15, 0.2) is 0 Å². The first-order valence-corrected chi connectivity index (χ1v) is 7.60. The molecule has 1 aromatic carbocycles. The van der Waals surface area contributed by atoms with Crippen LogP contribution in [0.15, 0.2) is 30.3 Å². The molecule has 1 aliphatic heterocycles. The molecule has 4 heteroatoms. The van der Waals surface area contributed by atoms with Gasteiger partial charge in [-0.05, 0) is 24.3 Å². The number of carboxylic acids is 1. The van der Waals surface area contributed by atoms with E-state index in [1.54, 1.807) is 0 Å². The molecule has 0 spiro atoms. The highest BCUT2D eigenvalue weighted by molar-refractivity contribution is 5.78. The zero-order valence-electron chi connectivity index (χ0n) is 12.5. The second-order valence-electron chi connectivity index (χ2n) is 6.00. The molecule has 0 saturated carbocycles. The van der Waals surface area contributed by atoms with Crippen LogP contribution in [0.5, 0.6) is 0 Å². The Hall–Kier alpha value is -1.84. The lowest BCUT2D eigenvalue weighted by molar-refractivity contribution is -0.138. The quantitative estimate of drug-likeness (QED) is 0.906.